The first-order chi connectivity index (χ1) is 7.30. The molecule has 1 aromatic carbocycles. The maximum Gasteiger partial charge on any atom is 0.119 e. The van der Waals surface area contributed by atoms with Gasteiger partial charge in [-0.05, 0) is 30.5 Å². The Labute approximate surface area is 89.9 Å². The van der Waals surface area contributed by atoms with E-state index in [9.17, 15) is 0 Å². The van der Waals surface area contributed by atoms with Crippen LogP contribution in [-0.2, 0) is 5.41 Å². The van der Waals surface area contributed by atoms with Gasteiger partial charge in [0.25, 0.3) is 0 Å². The Morgan fingerprint density at radius 3 is 2.40 bits per heavy atom. The smallest absolute Gasteiger partial charge is 0.119 e. The number of ether oxygens (including phenoxy) is 1. The third-order valence-corrected chi connectivity index (χ3v) is 3.07. The Hall–Kier alpha value is -1.06. The Bertz CT molecular complexity index is 317. The maximum absolute atomic E-state index is 8.62. The third-order valence-electron chi connectivity index (χ3n) is 3.07. The van der Waals surface area contributed by atoms with Crippen molar-refractivity contribution in [2.24, 2.45) is 5.73 Å². The molecule has 3 N–H and O–H groups in total. The van der Waals surface area contributed by atoms with Crippen LogP contribution in [0.3, 0.4) is 0 Å². The molecule has 0 amide bonds. The first-order valence-electron chi connectivity index (χ1n) is 5.35. The summed E-state index contributed by atoms with van der Waals surface area (Å²) in [4.78, 5) is 0. The summed E-state index contributed by atoms with van der Waals surface area (Å²) in [5.41, 5.74) is 7.31. The molecule has 3 heteroatoms. The summed E-state index contributed by atoms with van der Waals surface area (Å²) in [6, 6.07) is 8.04. The van der Waals surface area contributed by atoms with Crippen molar-refractivity contribution in [3.05, 3.63) is 29.8 Å². The summed E-state index contributed by atoms with van der Waals surface area (Å²) in [5.74, 6) is 0.806. The van der Waals surface area contributed by atoms with E-state index in [1.54, 1.807) is 0 Å². The monoisotopic (exact) mass is 207 g/mol. The lowest BCUT2D eigenvalue weighted by Gasteiger charge is -2.13. The normalized spacial score (nSPS) is 17.5. The number of rotatable bonds is 5. The summed E-state index contributed by atoms with van der Waals surface area (Å²) < 4.78 is 5.30. The number of aliphatic hydroxyl groups excluding tert-OH is 1. The van der Waals surface area contributed by atoms with Crippen molar-refractivity contribution in [1.29, 1.82) is 0 Å². The van der Waals surface area contributed by atoms with Crippen LogP contribution in [0.2, 0.25) is 0 Å². The van der Waals surface area contributed by atoms with Crippen molar-refractivity contribution in [1.82, 2.24) is 0 Å². The van der Waals surface area contributed by atoms with E-state index in [0.717, 1.165) is 12.3 Å². The minimum Gasteiger partial charge on any atom is -0.491 e. The topological polar surface area (TPSA) is 55.5 Å². The number of benzene rings is 1. The Morgan fingerprint density at radius 2 is 1.93 bits per heavy atom. The van der Waals surface area contributed by atoms with Crippen molar-refractivity contribution >= 4 is 0 Å². The lowest BCUT2D eigenvalue weighted by molar-refractivity contribution is 0.201. The lowest BCUT2D eigenvalue weighted by Crippen LogP contribution is -2.19. The van der Waals surface area contributed by atoms with E-state index in [-0.39, 0.29) is 12.0 Å². The van der Waals surface area contributed by atoms with E-state index >= 15 is 0 Å². The van der Waals surface area contributed by atoms with Crippen molar-refractivity contribution < 1.29 is 9.84 Å². The molecule has 0 atom stereocenters. The Balaban J connectivity index is 2.04. The van der Waals surface area contributed by atoms with Gasteiger partial charge in [-0.1, -0.05) is 12.1 Å². The molecule has 1 aliphatic carbocycles. The Kier molecular flexibility index (Phi) is 2.93. The van der Waals surface area contributed by atoms with Crippen molar-refractivity contribution in [2.45, 2.75) is 18.3 Å². The van der Waals surface area contributed by atoms with Crippen molar-refractivity contribution in [3.8, 4) is 5.75 Å². The fraction of sp³-hybridized carbons (Fsp3) is 0.500. The molecule has 0 spiro atoms. The van der Waals surface area contributed by atoms with Crippen LogP contribution in [0.4, 0.5) is 0 Å². The highest BCUT2D eigenvalue weighted by Gasteiger charge is 2.42. The summed E-state index contributed by atoms with van der Waals surface area (Å²) in [7, 11) is 0. The van der Waals surface area contributed by atoms with Crippen molar-refractivity contribution in [3.63, 3.8) is 0 Å². The highest BCUT2D eigenvalue weighted by molar-refractivity contribution is 5.36. The summed E-state index contributed by atoms with van der Waals surface area (Å²) in [6.07, 6.45) is 2.39. The second kappa shape index (κ2) is 4.21. The fourth-order valence-electron chi connectivity index (χ4n) is 1.83. The third kappa shape index (κ3) is 2.13. The van der Waals surface area contributed by atoms with Crippen LogP contribution in [0.25, 0.3) is 0 Å². The van der Waals surface area contributed by atoms with Crippen molar-refractivity contribution in [2.75, 3.05) is 19.8 Å². The molecule has 0 unspecified atom stereocenters. The molecule has 0 heterocycles. The highest BCUT2D eigenvalue weighted by atomic mass is 16.5. The van der Waals surface area contributed by atoms with Gasteiger partial charge >= 0.3 is 0 Å². The molecule has 1 aliphatic rings. The Morgan fingerprint density at radius 1 is 1.27 bits per heavy atom. The first kappa shape index (κ1) is 10.5. The molecule has 82 valence electrons. The maximum atomic E-state index is 8.62. The molecule has 0 radical (unpaired) electrons. The van der Waals surface area contributed by atoms with E-state index in [1.165, 1.54) is 18.4 Å². The molecule has 15 heavy (non-hydrogen) atoms. The van der Waals surface area contributed by atoms with Crippen LogP contribution < -0.4 is 10.5 Å². The summed E-state index contributed by atoms with van der Waals surface area (Å²) >= 11 is 0. The van der Waals surface area contributed by atoms with Gasteiger partial charge in [-0.25, -0.2) is 0 Å². The van der Waals surface area contributed by atoms with Gasteiger partial charge in [0.2, 0.25) is 0 Å². The lowest BCUT2D eigenvalue weighted by atomic mass is 9.96. The molecule has 1 fully saturated rings. The predicted octanol–water partition coefficient (Wildman–Crippen LogP) is 1.05. The molecule has 1 aromatic rings. The molecule has 1 saturated carbocycles. The van der Waals surface area contributed by atoms with Crippen LogP contribution in [0.1, 0.15) is 18.4 Å². The summed E-state index contributed by atoms with van der Waals surface area (Å²) in [5, 5.41) is 8.62. The second-order valence-electron chi connectivity index (χ2n) is 4.08. The largest absolute Gasteiger partial charge is 0.491 e. The van der Waals surface area contributed by atoms with Gasteiger partial charge in [0.1, 0.15) is 12.4 Å². The van der Waals surface area contributed by atoms with Gasteiger partial charge in [0, 0.05) is 12.0 Å². The standard InChI is InChI=1S/C12H17NO2/c13-9-12(5-6-12)10-1-3-11(4-2-10)15-8-7-14/h1-4,14H,5-9,13H2. The van der Waals surface area contributed by atoms with Gasteiger partial charge in [-0.15, -0.1) is 0 Å². The minimum absolute atomic E-state index is 0.0501. The van der Waals surface area contributed by atoms with E-state index in [4.69, 9.17) is 15.6 Å². The fourth-order valence-corrected chi connectivity index (χ4v) is 1.83. The van der Waals surface area contributed by atoms with Crippen LogP contribution in [0, 0.1) is 0 Å². The zero-order valence-electron chi connectivity index (χ0n) is 8.78. The molecule has 0 bridgehead atoms. The second-order valence-corrected chi connectivity index (χ2v) is 4.08. The highest BCUT2D eigenvalue weighted by Crippen LogP contribution is 2.47. The molecular formula is C12H17NO2. The zero-order valence-corrected chi connectivity index (χ0v) is 8.78. The van der Waals surface area contributed by atoms with Crippen LogP contribution in [0.5, 0.6) is 5.75 Å². The first-order valence-corrected chi connectivity index (χ1v) is 5.35. The molecule has 0 saturated heterocycles. The van der Waals surface area contributed by atoms with Gasteiger partial charge in [0.05, 0.1) is 6.61 Å². The van der Waals surface area contributed by atoms with Crippen LogP contribution in [0.15, 0.2) is 24.3 Å². The van der Waals surface area contributed by atoms with E-state index in [0.29, 0.717) is 6.61 Å². The zero-order chi connectivity index (χ0) is 10.7. The summed E-state index contributed by atoms with van der Waals surface area (Å²) in [6.45, 7) is 1.12. The van der Waals surface area contributed by atoms with Crippen LogP contribution in [-0.4, -0.2) is 24.9 Å². The molecular weight excluding hydrogens is 190 g/mol. The minimum atomic E-state index is 0.0501. The SMILES string of the molecule is NCC1(c2ccc(OCCO)cc2)CC1. The quantitative estimate of drug-likeness (QED) is 0.758. The number of aliphatic hydroxyl groups is 1. The van der Waals surface area contributed by atoms with Gasteiger partial charge < -0.3 is 15.6 Å². The van der Waals surface area contributed by atoms with Crippen LogP contribution >= 0.6 is 0 Å². The molecule has 2 rings (SSSR count). The van der Waals surface area contributed by atoms with Gasteiger partial charge in [-0.2, -0.15) is 0 Å². The average molecular weight is 207 g/mol. The molecule has 3 nitrogen and oxygen atoms in total. The van der Waals surface area contributed by atoms with E-state index in [2.05, 4.69) is 12.1 Å². The number of hydrogen-bond acceptors (Lipinski definition) is 3. The van der Waals surface area contributed by atoms with E-state index in [1.807, 2.05) is 12.1 Å². The molecule has 0 aromatic heterocycles. The van der Waals surface area contributed by atoms with Gasteiger partial charge in [0.15, 0.2) is 0 Å². The number of hydrogen-bond donors (Lipinski definition) is 2. The predicted molar refractivity (Wildman–Crippen MR) is 59.0 cm³/mol. The molecule has 0 aliphatic heterocycles. The number of nitrogens with two attached hydrogens (primary N) is 1. The average Bonchev–Trinajstić information content (AvgIpc) is 3.08. The van der Waals surface area contributed by atoms with E-state index < -0.39 is 0 Å². The van der Waals surface area contributed by atoms with Gasteiger partial charge in [-0.3, -0.25) is 0 Å².